The molecule has 0 spiro atoms. The van der Waals surface area contributed by atoms with Gasteiger partial charge in [-0.3, -0.25) is 14.9 Å². The summed E-state index contributed by atoms with van der Waals surface area (Å²) in [5.74, 6) is -0.688. The lowest BCUT2D eigenvalue weighted by atomic mass is 10.3. The Morgan fingerprint density at radius 1 is 1.24 bits per heavy atom. The number of aromatic nitrogens is 2. The number of carbonyl (C=O) groups excluding carboxylic acids is 2. The topological polar surface area (TPSA) is 81.2 Å². The first kappa shape index (κ1) is 18.0. The summed E-state index contributed by atoms with van der Waals surface area (Å²) in [5.41, 5.74) is 0.873. The van der Waals surface area contributed by atoms with Crippen molar-refractivity contribution in [2.75, 3.05) is 11.9 Å². The molecule has 3 aromatic heterocycles. The number of ether oxygens (including phenoxy) is 1. The van der Waals surface area contributed by atoms with Gasteiger partial charge < -0.3 is 4.74 Å². The van der Waals surface area contributed by atoms with Crippen LogP contribution in [0.2, 0.25) is 4.34 Å². The minimum atomic E-state index is -0.345. The molecule has 3 rings (SSSR count). The number of anilines is 1. The molecule has 0 bridgehead atoms. The van der Waals surface area contributed by atoms with E-state index in [1.54, 1.807) is 23.8 Å². The molecule has 1 N–H and O–H groups in total. The van der Waals surface area contributed by atoms with Crippen LogP contribution in [0.15, 0.2) is 22.9 Å². The molecule has 3 aromatic rings. The number of nitrogens with zero attached hydrogens (tertiary/aromatic N) is 2. The van der Waals surface area contributed by atoms with E-state index < -0.39 is 0 Å². The van der Waals surface area contributed by atoms with E-state index in [-0.39, 0.29) is 18.3 Å². The molecule has 0 aliphatic heterocycles. The van der Waals surface area contributed by atoms with Crippen molar-refractivity contribution in [1.82, 2.24) is 9.97 Å². The number of amides is 1. The third-order valence-corrected chi connectivity index (χ3v) is 5.97. The molecular formula is C15H12ClN3O3S3. The lowest BCUT2D eigenvalue weighted by molar-refractivity contribution is -0.142. The fourth-order valence-electron chi connectivity index (χ4n) is 1.89. The number of hydrogen-bond acceptors (Lipinski definition) is 8. The van der Waals surface area contributed by atoms with Gasteiger partial charge in [0.1, 0.15) is 10.7 Å². The molecule has 0 saturated heterocycles. The van der Waals surface area contributed by atoms with E-state index in [4.69, 9.17) is 16.3 Å². The highest BCUT2D eigenvalue weighted by atomic mass is 35.5. The number of rotatable bonds is 6. The quantitative estimate of drug-likeness (QED) is 0.608. The minimum Gasteiger partial charge on any atom is -0.466 e. The zero-order chi connectivity index (χ0) is 17.8. The van der Waals surface area contributed by atoms with Crippen LogP contribution < -0.4 is 5.32 Å². The minimum absolute atomic E-state index is 0.0835. The molecule has 10 heteroatoms. The summed E-state index contributed by atoms with van der Waals surface area (Å²) in [5, 5.41) is 7.25. The van der Waals surface area contributed by atoms with Crippen LogP contribution in [0.5, 0.6) is 0 Å². The van der Waals surface area contributed by atoms with Crippen molar-refractivity contribution in [2.45, 2.75) is 13.3 Å². The summed E-state index contributed by atoms with van der Waals surface area (Å²) in [4.78, 5) is 33.2. The Bertz CT molecular complexity index is 903. The molecule has 0 aliphatic carbocycles. The van der Waals surface area contributed by atoms with Gasteiger partial charge >= 0.3 is 5.97 Å². The van der Waals surface area contributed by atoms with Gasteiger partial charge in [0.25, 0.3) is 5.91 Å². The molecule has 0 unspecified atom stereocenters. The lowest BCUT2D eigenvalue weighted by Gasteiger charge is -1.99. The zero-order valence-corrected chi connectivity index (χ0v) is 16.2. The number of thiazole rings is 2. The first-order valence-corrected chi connectivity index (χ1v) is 10.1. The zero-order valence-electron chi connectivity index (χ0n) is 12.9. The van der Waals surface area contributed by atoms with Crippen molar-refractivity contribution in [2.24, 2.45) is 0 Å². The Hall–Kier alpha value is -1.81. The van der Waals surface area contributed by atoms with Crippen LogP contribution in [-0.4, -0.2) is 28.5 Å². The summed E-state index contributed by atoms with van der Waals surface area (Å²) in [6.07, 6.45) is 0.0835. The molecule has 1 amide bonds. The number of nitrogens with one attached hydrogen (secondary N) is 1. The Balaban J connectivity index is 1.64. The van der Waals surface area contributed by atoms with Crippen LogP contribution in [-0.2, 0) is 16.0 Å². The van der Waals surface area contributed by atoms with Gasteiger partial charge in [0.05, 0.1) is 27.9 Å². The van der Waals surface area contributed by atoms with Crippen LogP contribution >= 0.6 is 45.6 Å². The van der Waals surface area contributed by atoms with Crippen LogP contribution in [0.25, 0.3) is 9.88 Å². The normalized spacial score (nSPS) is 10.6. The maximum absolute atomic E-state index is 12.3. The molecule has 0 fully saturated rings. The summed E-state index contributed by atoms with van der Waals surface area (Å²) >= 11 is 9.96. The summed E-state index contributed by atoms with van der Waals surface area (Å²) in [6.45, 7) is 2.07. The van der Waals surface area contributed by atoms with Crippen molar-refractivity contribution in [1.29, 1.82) is 0 Å². The lowest BCUT2D eigenvalue weighted by Crippen LogP contribution is -2.12. The van der Waals surface area contributed by atoms with Gasteiger partial charge in [-0.05, 0) is 19.1 Å². The van der Waals surface area contributed by atoms with Crippen molar-refractivity contribution in [3.8, 4) is 9.88 Å². The molecule has 0 aromatic carbocycles. The first-order valence-electron chi connectivity index (χ1n) is 7.17. The highest BCUT2D eigenvalue weighted by Crippen LogP contribution is 2.33. The van der Waals surface area contributed by atoms with Gasteiger partial charge in [-0.1, -0.05) is 11.6 Å². The molecule has 0 radical (unpaired) electrons. The average Bonchev–Trinajstić information content (AvgIpc) is 3.28. The highest BCUT2D eigenvalue weighted by Gasteiger charge is 2.15. The van der Waals surface area contributed by atoms with Crippen molar-refractivity contribution >= 4 is 62.6 Å². The second-order valence-electron chi connectivity index (χ2n) is 4.72. The highest BCUT2D eigenvalue weighted by molar-refractivity contribution is 7.23. The Morgan fingerprint density at radius 2 is 2.08 bits per heavy atom. The SMILES string of the molecule is CCOC(=O)Cc1csc(NC(=O)c2csc(-c3ccc(Cl)s3)n2)n1. The van der Waals surface area contributed by atoms with Crippen molar-refractivity contribution in [3.05, 3.63) is 38.6 Å². The predicted molar refractivity (Wildman–Crippen MR) is 101 cm³/mol. The van der Waals surface area contributed by atoms with Gasteiger partial charge in [-0.15, -0.1) is 34.0 Å². The fraction of sp³-hybridized carbons (Fsp3) is 0.200. The summed E-state index contributed by atoms with van der Waals surface area (Å²) in [7, 11) is 0. The van der Waals surface area contributed by atoms with Crippen molar-refractivity contribution in [3.63, 3.8) is 0 Å². The molecule has 6 nitrogen and oxygen atoms in total. The number of esters is 1. The Labute approximate surface area is 160 Å². The monoisotopic (exact) mass is 413 g/mol. The average molecular weight is 414 g/mol. The van der Waals surface area contributed by atoms with Crippen LogP contribution in [0, 0.1) is 0 Å². The molecule has 0 aliphatic rings. The summed E-state index contributed by atoms with van der Waals surface area (Å²) < 4.78 is 5.55. The van der Waals surface area contributed by atoms with E-state index in [1.807, 2.05) is 6.07 Å². The van der Waals surface area contributed by atoms with Gasteiger partial charge in [0.2, 0.25) is 0 Å². The van der Waals surface area contributed by atoms with E-state index in [1.165, 1.54) is 34.0 Å². The molecular weight excluding hydrogens is 402 g/mol. The van der Waals surface area contributed by atoms with E-state index in [0.29, 0.717) is 27.5 Å². The van der Waals surface area contributed by atoms with E-state index in [9.17, 15) is 9.59 Å². The summed E-state index contributed by atoms with van der Waals surface area (Å²) in [6, 6.07) is 3.67. The third kappa shape index (κ3) is 4.63. The van der Waals surface area contributed by atoms with Crippen molar-refractivity contribution < 1.29 is 14.3 Å². The largest absolute Gasteiger partial charge is 0.466 e. The standard InChI is InChI=1S/C15H12ClN3O3S3/c1-2-22-12(20)5-8-6-24-15(17-8)19-13(21)9-7-23-14(18-9)10-3-4-11(16)25-10/h3-4,6-7H,2,5H2,1H3,(H,17,19,21). The molecule has 0 saturated carbocycles. The van der Waals surface area contributed by atoms with Gasteiger partial charge in [-0.2, -0.15) is 0 Å². The number of hydrogen-bond donors (Lipinski definition) is 1. The Kier molecular flexibility index (Phi) is 5.79. The van der Waals surface area contributed by atoms with E-state index in [0.717, 1.165) is 9.88 Å². The number of thiophene rings is 1. The van der Waals surface area contributed by atoms with Crippen LogP contribution in [0.1, 0.15) is 23.1 Å². The fourth-order valence-corrected chi connectivity index (χ4v) is 4.51. The predicted octanol–water partition coefficient (Wildman–Crippen LogP) is 4.34. The van der Waals surface area contributed by atoms with Gasteiger partial charge in [-0.25, -0.2) is 9.97 Å². The van der Waals surface area contributed by atoms with E-state index in [2.05, 4.69) is 15.3 Å². The second kappa shape index (κ2) is 8.05. The second-order valence-corrected chi connectivity index (χ2v) is 8.15. The molecule has 0 atom stereocenters. The molecule has 130 valence electrons. The maximum atomic E-state index is 12.3. The smallest absolute Gasteiger partial charge is 0.311 e. The first-order chi connectivity index (χ1) is 12.0. The number of halogens is 1. The van der Waals surface area contributed by atoms with Gasteiger partial charge in [0.15, 0.2) is 5.13 Å². The third-order valence-electron chi connectivity index (χ3n) is 2.92. The van der Waals surface area contributed by atoms with Crippen LogP contribution in [0.4, 0.5) is 5.13 Å². The van der Waals surface area contributed by atoms with Gasteiger partial charge in [0, 0.05) is 10.8 Å². The molecule has 3 heterocycles. The molecule has 25 heavy (non-hydrogen) atoms. The maximum Gasteiger partial charge on any atom is 0.311 e. The Morgan fingerprint density at radius 3 is 2.80 bits per heavy atom. The number of carbonyl (C=O) groups is 2. The van der Waals surface area contributed by atoms with E-state index >= 15 is 0 Å². The van der Waals surface area contributed by atoms with Crippen LogP contribution in [0.3, 0.4) is 0 Å².